The van der Waals surface area contributed by atoms with Crippen molar-refractivity contribution in [1.82, 2.24) is 9.78 Å². The highest BCUT2D eigenvalue weighted by Gasteiger charge is 2.19. The lowest BCUT2D eigenvalue weighted by Gasteiger charge is -2.10. The van der Waals surface area contributed by atoms with Gasteiger partial charge in [-0.1, -0.05) is 73.8 Å². The Kier molecular flexibility index (Phi) is 5.46. The fourth-order valence-corrected chi connectivity index (χ4v) is 3.93. The van der Waals surface area contributed by atoms with Crippen LogP contribution in [0.15, 0.2) is 75.7 Å². The highest BCUT2D eigenvalue weighted by molar-refractivity contribution is 9.10. The minimum Gasteiger partial charge on any atom is -0.232 e. The van der Waals surface area contributed by atoms with Gasteiger partial charge in [0.25, 0.3) is 0 Å². The van der Waals surface area contributed by atoms with Crippen molar-refractivity contribution >= 4 is 43.5 Å². The molecule has 0 radical (unpaired) electrons. The van der Waals surface area contributed by atoms with Gasteiger partial charge in [-0.15, -0.1) is 0 Å². The Morgan fingerprint density at radius 2 is 1.36 bits per heavy atom. The standard InChI is InChI=1S/C23H17Br2ClN2/c1-14-3-12-20(13-21(14)26)28-23(17-6-10-19(25)11-7-17)15(2)22(27-28)16-4-8-18(24)9-5-16/h3-13H,1-2H3. The van der Waals surface area contributed by atoms with Crippen LogP contribution in [0.4, 0.5) is 0 Å². The Bertz CT molecular complexity index is 1150. The van der Waals surface area contributed by atoms with E-state index in [1.165, 1.54) is 0 Å². The summed E-state index contributed by atoms with van der Waals surface area (Å²) in [5, 5.41) is 5.71. The van der Waals surface area contributed by atoms with Crippen LogP contribution in [0.5, 0.6) is 0 Å². The third-order valence-electron chi connectivity index (χ3n) is 4.76. The van der Waals surface area contributed by atoms with Gasteiger partial charge in [0.1, 0.15) is 0 Å². The molecule has 0 bridgehead atoms. The first-order valence-corrected chi connectivity index (χ1v) is 10.8. The second-order valence-corrected chi connectivity index (χ2v) is 8.92. The molecule has 140 valence electrons. The number of aromatic nitrogens is 2. The molecule has 1 heterocycles. The van der Waals surface area contributed by atoms with Gasteiger partial charge >= 0.3 is 0 Å². The summed E-state index contributed by atoms with van der Waals surface area (Å²) in [6.45, 7) is 4.12. The van der Waals surface area contributed by atoms with Gasteiger partial charge in [0, 0.05) is 30.7 Å². The average Bonchev–Trinajstić information content (AvgIpc) is 3.02. The summed E-state index contributed by atoms with van der Waals surface area (Å²) in [6.07, 6.45) is 0. The van der Waals surface area contributed by atoms with Crippen LogP contribution in [0.3, 0.4) is 0 Å². The molecule has 0 saturated carbocycles. The molecule has 2 nitrogen and oxygen atoms in total. The molecule has 0 unspecified atom stereocenters. The monoisotopic (exact) mass is 514 g/mol. The molecule has 4 aromatic rings. The van der Waals surface area contributed by atoms with Crippen molar-refractivity contribution in [3.05, 3.63) is 91.8 Å². The first-order chi connectivity index (χ1) is 13.4. The van der Waals surface area contributed by atoms with E-state index in [0.717, 1.165) is 53.3 Å². The lowest BCUT2D eigenvalue weighted by molar-refractivity contribution is 0.891. The van der Waals surface area contributed by atoms with Gasteiger partial charge in [-0.05, 0) is 55.8 Å². The van der Waals surface area contributed by atoms with Crippen LogP contribution >= 0.6 is 43.5 Å². The summed E-state index contributed by atoms with van der Waals surface area (Å²) in [5.74, 6) is 0. The number of hydrogen-bond acceptors (Lipinski definition) is 1. The van der Waals surface area contributed by atoms with Crippen molar-refractivity contribution in [2.45, 2.75) is 13.8 Å². The first kappa shape index (κ1) is 19.4. The molecule has 1 aromatic heterocycles. The second kappa shape index (κ2) is 7.86. The van der Waals surface area contributed by atoms with Gasteiger partial charge in [0.05, 0.1) is 17.1 Å². The van der Waals surface area contributed by atoms with Crippen LogP contribution < -0.4 is 0 Å². The summed E-state index contributed by atoms with van der Waals surface area (Å²) in [7, 11) is 0. The minimum atomic E-state index is 0.734. The Morgan fingerprint density at radius 1 is 0.786 bits per heavy atom. The summed E-state index contributed by atoms with van der Waals surface area (Å²) in [4.78, 5) is 0. The topological polar surface area (TPSA) is 17.8 Å². The normalized spacial score (nSPS) is 11.0. The Balaban J connectivity index is 1.97. The molecule has 0 spiro atoms. The maximum absolute atomic E-state index is 6.41. The number of halogens is 3. The van der Waals surface area contributed by atoms with Crippen molar-refractivity contribution in [1.29, 1.82) is 0 Å². The molecule has 28 heavy (non-hydrogen) atoms. The molecular formula is C23H17Br2ClN2. The van der Waals surface area contributed by atoms with Crippen molar-refractivity contribution < 1.29 is 0 Å². The van der Waals surface area contributed by atoms with E-state index < -0.39 is 0 Å². The molecule has 0 aliphatic rings. The molecule has 5 heteroatoms. The Hall–Kier alpha value is -1.88. The number of hydrogen-bond donors (Lipinski definition) is 0. The lowest BCUT2D eigenvalue weighted by Crippen LogP contribution is -2.00. The van der Waals surface area contributed by atoms with Crippen LogP contribution in [-0.4, -0.2) is 9.78 Å². The quantitative estimate of drug-likeness (QED) is 0.270. The zero-order chi connectivity index (χ0) is 19.8. The first-order valence-electron chi connectivity index (χ1n) is 8.82. The zero-order valence-electron chi connectivity index (χ0n) is 15.4. The van der Waals surface area contributed by atoms with Gasteiger partial charge in [0.15, 0.2) is 0 Å². The lowest BCUT2D eigenvalue weighted by atomic mass is 10.0. The number of rotatable bonds is 3. The van der Waals surface area contributed by atoms with E-state index in [2.05, 4.69) is 69.1 Å². The molecule has 0 aliphatic heterocycles. The maximum atomic E-state index is 6.41. The second-order valence-electron chi connectivity index (χ2n) is 6.68. The molecular weight excluding hydrogens is 500 g/mol. The van der Waals surface area contributed by atoms with Crippen LogP contribution in [0.25, 0.3) is 28.2 Å². The highest BCUT2D eigenvalue weighted by Crippen LogP contribution is 2.35. The number of nitrogens with zero attached hydrogens (tertiary/aromatic N) is 2. The van der Waals surface area contributed by atoms with Crippen LogP contribution in [-0.2, 0) is 0 Å². The molecule has 3 aromatic carbocycles. The van der Waals surface area contributed by atoms with Crippen molar-refractivity contribution in [2.24, 2.45) is 0 Å². The fourth-order valence-electron chi connectivity index (χ4n) is 3.22. The van der Waals surface area contributed by atoms with Gasteiger partial charge in [-0.3, -0.25) is 0 Å². The molecule has 0 amide bonds. The summed E-state index contributed by atoms with van der Waals surface area (Å²) in [5.41, 5.74) is 7.32. The van der Waals surface area contributed by atoms with E-state index in [1.54, 1.807) is 0 Å². The van der Waals surface area contributed by atoms with Crippen LogP contribution in [0, 0.1) is 13.8 Å². The molecule has 0 aliphatic carbocycles. The predicted octanol–water partition coefficient (Wildman–Crippen LogP) is 8.00. The van der Waals surface area contributed by atoms with Gasteiger partial charge in [-0.2, -0.15) is 5.10 Å². The van der Waals surface area contributed by atoms with Crippen LogP contribution in [0.2, 0.25) is 5.02 Å². The minimum absolute atomic E-state index is 0.734. The molecule has 0 N–H and O–H groups in total. The fraction of sp³-hybridized carbons (Fsp3) is 0.0870. The Morgan fingerprint density at radius 3 is 1.93 bits per heavy atom. The molecule has 4 rings (SSSR count). The number of benzene rings is 3. The summed E-state index contributed by atoms with van der Waals surface area (Å²) < 4.78 is 4.08. The zero-order valence-corrected chi connectivity index (χ0v) is 19.3. The Labute approximate surface area is 186 Å². The van der Waals surface area contributed by atoms with Crippen molar-refractivity contribution in [3.8, 4) is 28.2 Å². The van der Waals surface area contributed by atoms with Gasteiger partial charge < -0.3 is 0 Å². The highest BCUT2D eigenvalue weighted by atomic mass is 79.9. The summed E-state index contributed by atoms with van der Waals surface area (Å²) >= 11 is 13.4. The van der Waals surface area contributed by atoms with E-state index in [1.807, 2.05) is 48.0 Å². The van der Waals surface area contributed by atoms with Gasteiger partial charge in [0.2, 0.25) is 0 Å². The van der Waals surface area contributed by atoms with E-state index in [9.17, 15) is 0 Å². The molecule has 0 atom stereocenters. The smallest absolute Gasteiger partial charge is 0.0963 e. The SMILES string of the molecule is Cc1ccc(-n2nc(-c3ccc(Br)cc3)c(C)c2-c2ccc(Br)cc2)cc1Cl. The van der Waals surface area contributed by atoms with Crippen LogP contribution in [0.1, 0.15) is 11.1 Å². The predicted molar refractivity (Wildman–Crippen MR) is 124 cm³/mol. The van der Waals surface area contributed by atoms with E-state index in [4.69, 9.17) is 16.7 Å². The summed E-state index contributed by atoms with van der Waals surface area (Å²) in [6, 6.07) is 22.6. The maximum Gasteiger partial charge on any atom is 0.0963 e. The molecule has 0 fully saturated rings. The third-order valence-corrected chi connectivity index (χ3v) is 6.22. The van der Waals surface area contributed by atoms with Gasteiger partial charge in [-0.25, -0.2) is 4.68 Å². The largest absolute Gasteiger partial charge is 0.232 e. The van der Waals surface area contributed by atoms with E-state index in [0.29, 0.717) is 0 Å². The molecule has 0 saturated heterocycles. The van der Waals surface area contributed by atoms with Crippen molar-refractivity contribution in [2.75, 3.05) is 0 Å². The third kappa shape index (κ3) is 3.69. The van der Waals surface area contributed by atoms with Crippen molar-refractivity contribution in [3.63, 3.8) is 0 Å². The average molecular weight is 517 g/mol. The van der Waals surface area contributed by atoms with E-state index in [-0.39, 0.29) is 0 Å². The number of aryl methyl sites for hydroxylation is 1. The van der Waals surface area contributed by atoms with E-state index >= 15 is 0 Å².